The molecular weight excluding hydrogens is 214 g/mol. The molecule has 15 heavy (non-hydrogen) atoms. The van der Waals surface area contributed by atoms with Gasteiger partial charge in [0.2, 0.25) is 0 Å². The summed E-state index contributed by atoms with van der Waals surface area (Å²) in [5.41, 5.74) is 0.804. The molecule has 0 amide bonds. The van der Waals surface area contributed by atoms with Crippen molar-refractivity contribution in [3.05, 3.63) is 12.0 Å². The van der Waals surface area contributed by atoms with Crippen LogP contribution in [0.3, 0.4) is 0 Å². The summed E-state index contributed by atoms with van der Waals surface area (Å²) >= 11 is 5.69. The summed E-state index contributed by atoms with van der Waals surface area (Å²) in [6.45, 7) is 5.22. The third kappa shape index (κ3) is 2.26. The Bertz CT molecular complexity index is 328. The zero-order valence-electron chi connectivity index (χ0n) is 9.11. The zero-order chi connectivity index (χ0) is 10.8. The van der Waals surface area contributed by atoms with E-state index >= 15 is 0 Å². The summed E-state index contributed by atoms with van der Waals surface area (Å²) in [5, 5.41) is 0. The van der Waals surface area contributed by atoms with Gasteiger partial charge < -0.3 is 14.2 Å². The SMILES string of the molecule is CC1CN(C)CCN1c1nc(CCl)co1. The predicted octanol–water partition coefficient (Wildman–Crippen LogP) is 1.55. The Morgan fingerprint density at radius 3 is 3.00 bits per heavy atom. The van der Waals surface area contributed by atoms with Gasteiger partial charge in [0.05, 0.1) is 11.6 Å². The van der Waals surface area contributed by atoms with E-state index in [2.05, 4.69) is 28.8 Å². The number of halogens is 1. The topological polar surface area (TPSA) is 32.5 Å². The van der Waals surface area contributed by atoms with Crippen LogP contribution in [0.4, 0.5) is 6.01 Å². The molecule has 0 radical (unpaired) electrons. The molecule has 84 valence electrons. The first kappa shape index (κ1) is 10.8. The van der Waals surface area contributed by atoms with Crippen molar-refractivity contribution in [2.45, 2.75) is 18.8 Å². The minimum Gasteiger partial charge on any atom is -0.432 e. The number of hydrogen-bond acceptors (Lipinski definition) is 4. The van der Waals surface area contributed by atoms with E-state index in [1.54, 1.807) is 6.26 Å². The maximum absolute atomic E-state index is 5.69. The van der Waals surface area contributed by atoms with E-state index in [1.807, 2.05) is 0 Å². The Morgan fingerprint density at radius 2 is 2.40 bits per heavy atom. The van der Waals surface area contributed by atoms with E-state index in [0.717, 1.165) is 25.3 Å². The van der Waals surface area contributed by atoms with Gasteiger partial charge in [-0.1, -0.05) is 0 Å². The van der Waals surface area contributed by atoms with E-state index in [9.17, 15) is 0 Å². The van der Waals surface area contributed by atoms with Crippen molar-refractivity contribution in [3.63, 3.8) is 0 Å². The van der Waals surface area contributed by atoms with Crippen LogP contribution in [0.1, 0.15) is 12.6 Å². The molecule has 2 heterocycles. The summed E-state index contributed by atoms with van der Waals surface area (Å²) < 4.78 is 5.41. The van der Waals surface area contributed by atoms with E-state index in [0.29, 0.717) is 17.9 Å². The van der Waals surface area contributed by atoms with Crippen LogP contribution >= 0.6 is 11.6 Å². The molecular formula is C10H16ClN3O. The van der Waals surface area contributed by atoms with Crippen LogP contribution in [0.25, 0.3) is 0 Å². The Hall–Kier alpha value is -0.740. The summed E-state index contributed by atoms with van der Waals surface area (Å²) in [6, 6.07) is 1.14. The molecule has 1 aromatic heterocycles. The number of piperazine rings is 1. The first-order valence-corrected chi connectivity index (χ1v) is 5.69. The number of alkyl halides is 1. The normalized spacial score (nSPS) is 23.4. The van der Waals surface area contributed by atoms with Crippen molar-refractivity contribution in [2.24, 2.45) is 0 Å². The van der Waals surface area contributed by atoms with Gasteiger partial charge >= 0.3 is 0 Å². The Kier molecular flexibility index (Phi) is 3.17. The van der Waals surface area contributed by atoms with Gasteiger partial charge in [0.1, 0.15) is 6.26 Å². The van der Waals surface area contributed by atoms with Crippen LogP contribution in [0, 0.1) is 0 Å². The molecule has 1 saturated heterocycles. The fraction of sp³-hybridized carbons (Fsp3) is 0.700. The molecule has 1 atom stereocenters. The van der Waals surface area contributed by atoms with Crippen molar-refractivity contribution < 1.29 is 4.42 Å². The maximum Gasteiger partial charge on any atom is 0.297 e. The Labute approximate surface area is 94.8 Å². The lowest BCUT2D eigenvalue weighted by Crippen LogP contribution is -2.50. The van der Waals surface area contributed by atoms with Gasteiger partial charge in [-0.25, -0.2) is 0 Å². The predicted molar refractivity (Wildman–Crippen MR) is 60.4 cm³/mol. The quantitative estimate of drug-likeness (QED) is 0.721. The molecule has 0 bridgehead atoms. The lowest BCUT2D eigenvalue weighted by Gasteiger charge is -2.37. The van der Waals surface area contributed by atoms with Crippen LogP contribution in [0.15, 0.2) is 10.7 Å². The molecule has 0 aromatic carbocycles. The summed E-state index contributed by atoms with van der Waals surface area (Å²) in [6.07, 6.45) is 1.63. The van der Waals surface area contributed by atoms with Gasteiger partial charge in [0.25, 0.3) is 6.01 Å². The minimum atomic E-state index is 0.408. The number of rotatable bonds is 2. The minimum absolute atomic E-state index is 0.408. The lowest BCUT2D eigenvalue weighted by atomic mass is 10.2. The second-order valence-electron chi connectivity index (χ2n) is 4.06. The Morgan fingerprint density at radius 1 is 1.60 bits per heavy atom. The standard InChI is InChI=1S/C10H16ClN3O/c1-8-6-13(2)3-4-14(8)10-12-9(5-11)7-15-10/h7-8H,3-6H2,1-2H3. The average molecular weight is 230 g/mol. The number of likely N-dealkylation sites (N-methyl/N-ethyl adjacent to an activating group) is 1. The zero-order valence-corrected chi connectivity index (χ0v) is 9.87. The van der Waals surface area contributed by atoms with Crippen molar-refractivity contribution >= 4 is 17.6 Å². The van der Waals surface area contributed by atoms with Crippen molar-refractivity contribution in [1.82, 2.24) is 9.88 Å². The van der Waals surface area contributed by atoms with Crippen molar-refractivity contribution in [1.29, 1.82) is 0 Å². The fourth-order valence-electron chi connectivity index (χ4n) is 1.91. The number of nitrogens with zero attached hydrogens (tertiary/aromatic N) is 3. The number of oxazole rings is 1. The molecule has 0 saturated carbocycles. The molecule has 1 aliphatic heterocycles. The third-order valence-electron chi connectivity index (χ3n) is 2.75. The highest BCUT2D eigenvalue weighted by Crippen LogP contribution is 2.19. The number of aromatic nitrogens is 1. The first-order valence-electron chi connectivity index (χ1n) is 5.16. The van der Waals surface area contributed by atoms with Gasteiger partial charge in [-0.2, -0.15) is 4.98 Å². The highest BCUT2D eigenvalue weighted by molar-refractivity contribution is 6.16. The van der Waals surface area contributed by atoms with Crippen LogP contribution in [0.2, 0.25) is 0 Å². The molecule has 1 unspecified atom stereocenters. The highest BCUT2D eigenvalue weighted by Gasteiger charge is 2.24. The van der Waals surface area contributed by atoms with Crippen molar-refractivity contribution in [2.75, 3.05) is 31.6 Å². The lowest BCUT2D eigenvalue weighted by molar-refractivity contribution is 0.267. The smallest absolute Gasteiger partial charge is 0.297 e. The van der Waals surface area contributed by atoms with Gasteiger partial charge in [-0.15, -0.1) is 11.6 Å². The summed E-state index contributed by atoms with van der Waals surface area (Å²) in [4.78, 5) is 8.84. The summed E-state index contributed by atoms with van der Waals surface area (Å²) in [5.74, 6) is 0.408. The fourth-order valence-corrected chi connectivity index (χ4v) is 2.04. The Balaban J connectivity index is 2.09. The molecule has 1 fully saturated rings. The van der Waals surface area contributed by atoms with Gasteiger partial charge in [0, 0.05) is 25.7 Å². The molecule has 1 aromatic rings. The summed E-state index contributed by atoms with van der Waals surface area (Å²) in [7, 11) is 2.13. The molecule has 5 heteroatoms. The average Bonchev–Trinajstić information content (AvgIpc) is 2.66. The maximum atomic E-state index is 5.69. The van der Waals surface area contributed by atoms with E-state index in [1.165, 1.54) is 0 Å². The molecule has 1 aliphatic rings. The first-order chi connectivity index (χ1) is 7.20. The monoisotopic (exact) mass is 229 g/mol. The van der Waals surface area contributed by atoms with Gasteiger partial charge in [-0.05, 0) is 14.0 Å². The van der Waals surface area contributed by atoms with Crippen LogP contribution in [-0.4, -0.2) is 42.6 Å². The molecule has 0 N–H and O–H groups in total. The third-order valence-corrected chi connectivity index (χ3v) is 3.03. The van der Waals surface area contributed by atoms with Gasteiger partial charge in [-0.3, -0.25) is 0 Å². The van der Waals surface area contributed by atoms with E-state index in [4.69, 9.17) is 16.0 Å². The number of anilines is 1. The molecule has 4 nitrogen and oxygen atoms in total. The van der Waals surface area contributed by atoms with Crippen LogP contribution < -0.4 is 4.90 Å². The molecule has 0 spiro atoms. The molecule has 2 rings (SSSR count). The van der Waals surface area contributed by atoms with E-state index < -0.39 is 0 Å². The van der Waals surface area contributed by atoms with Crippen LogP contribution in [-0.2, 0) is 5.88 Å². The second kappa shape index (κ2) is 4.41. The molecule has 0 aliphatic carbocycles. The van der Waals surface area contributed by atoms with Crippen LogP contribution in [0.5, 0.6) is 0 Å². The number of hydrogen-bond donors (Lipinski definition) is 0. The largest absolute Gasteiger partial charge is 0.432 e. The second-order valence-corrected chi connectivity index (χ2v) is 4.33. The van der Waals surface area contributed by atoms with Crippen molar-refractivity contribution in [3.8, 4) is 0 Å². The van der Waals surface area contributed by atoms with E-state index in [-0.39, 0.29) is 0 Å². The van der Waals surface area contributed by atoms with Gasteiger partial charge in [0.15, 0.2) is 0 Å². The highest BCUT2D eigenvalue weighted by atomic mass is 35.5.